The summed E-state index contributed by atoms with van der Waals surface area (Å²) in [7, 11) is 1.77. The molecule has 2 rings (SSSR count). The third-order valence-corrected chi connectivity index (χ3v) is 4.10. The van der Waals surface area contributed by atoms with Gasteiger partial charge in [0.25, 0.3) is 0 Å². The zero-order chi connectivity index (χ0) is 15.2. The maximum absolute atomic E-state index is 12.8. The summed E-state index contributed by atoms with van der Waals surface area (Å²) < 4.78 is 13.9. The number of benzene rings is 2. The molecule has 0 aliphatic heterocycles. The van der Waals surface area contributed by atoms with Crippen molar-refractivity contribution in [3.05, 3.63) is 69.9 Å². The molecular weight excluding hydrogens is 333 g/mol. The Morgan fingerprint density at radius 2 is 1.81 bits per heavy atom. The third-order valence-electron chi connectivity index (χ3n) is 3.32. The standard InChI is InChI=1S/C17H17BrFNO/c1-20(12-13-6-9-15(19)10-7-13)17(21)11-8-14-4-2-3-5-16(14)18/h2-7,9-10H,8,11-12H2,1H3. The molecule has 0 unspecified atom stereocenters. The van der Waals surface area contributed by atoms with Crippen LogP contribution in [0.1, 0.15) is 17.5 Å². The van der Waals surface area contributed by atoms with E-state index >= 15 is 0 Å². The number of rotatable bonds is 5. The summed E-state index contributed by atoms with van der Waals surface area (Å²) in [6.07, 6.45) is 1.16. The van der Waals surface area contributed by atoms with Gasteiger partial charge in [-0.15, -0.1) is 0 Å². The summed E-state index contributed by atoms with van der Waals surface area (Å²) in [5, 5.41) is 0. The molecule has 0 atom stereocenters. The molecule has 0 radical (unpaired) electrons. The molecule has 0 aliphatic carbocycles. The highest BCUT2D eigenvalue weighted by atomic mass is 79.9. The minimum atomic E-state index is -0.262. The van der Waals surface area contributed by atoms with Crippen LogP contribution >= 0.6 is 15.9 Å². The number of amides is 1. The van der Waals surface area contributed by atoms with Crippen LogP contribution in [0.4, 0.5) is 4.39 Å². The van der Waals surface area contributed by atoms with Gasteiger partial charge in [0.15, 0.2) is 0 Å². The smallest absolute Gasteiger partial charge is 0.222 e. The fourth-order valence-electron chi connectivity index (χ4n) is 2.09. The van der Waals surface area contributed by atoms with Gasteiger partial charge in [-0.25, -0.2) is 4.39 Å². The van der Waals surface area contributed by atoms with E-state index in [1.807, 2.05) is 24.3 Å². The lowest BCUT2D eigenvalue weighted by Crippen LogP contribution is -2.26. The number of hydrogen-bond donors (Lipinski definition) is 0. The van der Waals surface area contributed by atoms with Crippen molar-refractivity contribution in [2.45, 2.75) is 19.4 Å². The van der Waals surface area contributed by atoms with Gasteiger partial charge in [-0.05, 0) is 35.7 Å². The Balaban J connectivity index is 1.88. The highest BCUT2D eigenvalue weighted by molar-refractivity contribution is 9.10. The number of halogens is 2. The van der Waals surface area contributed by atoms with Gasteiger partial charge in [-0.1, -0.05) is 46.3 Å². The van der Waals surface area contributed by atoms with Gasteiger partial charge in [-0.2, -0.15) is 0 Å². The van der Waals surface area contributed by atoms with Gasteiger partial charge in [-0.3, -0.25) is 4.79 Å². The van der Waals surface area contributed by atoms with E-state index in [-0.39, 0.29) is 11.7 Å². The van der Waals surface area contributed by atoms with Crippen molar-refractivity contribution in [1.82, 2.24) is 4.90 Å². The Morgan fingerprint density at radius 3 is 2.48 bits per heavy atom. The second kappa shape index (κ2) is 7.36. The van der Waals surface area contributed by atoms with E-state index in [1.54, 1.807) is 24.1 Å². The topological polar surface area (TPSA) is 20.3 Å². The zero-order valence-electron chi connectivity index (χ0n) is 11.9. The molecule has 0 bridgehead atoms. The van der Waals surface area contributed by atoms with Crippen LogP contribution in [0.15, 0.2) is 53.0 Å². The van der Waals surface area contributed by atoms with Gasteiger partial charge < -0.3 is 4.90 Å². The average molecular weight is 350 g/mol. The van der Waals surface area contributed by atoms with Crippen molar-refractivity contribution in [2.24, 2.45) is 0 Å². The van der Waals surface area contributed by atoms with Crippen LogP contribution in [0.25, 0.3) is 0 Å². The number of carbonyl (C=O) groups excluding carboxylic acids is 1. The molecule has 2 aromatic rings. The second-order valence-corrected chi connectivity index (χ2v) is 5.82. The molecule has 0 fully saturated rings. The van der Waals surface area contributed by atoms with Gasteiger partial charge in [0.05, 0.1) is 0 Å². The highest BCUT2D eigenvalue weighted by Gasteiger charge is 2.10. The normalized spacial score (nSPS) is 10.4. The van der Waals surface area contributed by atoms with Crippen LogP contribution in [-0.4, -0.2) is 17.9 Å². The lowest BCUT2D eigenvalue weighted by atomic mass is 10.1. The first kappa shape index (κ1) is 15.7. The van der Waals surface area contributed by atoms with Crippen LogP contribution in [0, 0.1) is 5.82 Å². The van der Waals surface area contributed by atoms with E-state index < -0.39 is 0 Å². The first-order valence-electron chi connectivity index (χ1n) is 6.78. The van der Waals surface area contributed by atoms with Gasteiger partial charge in [0, 0.05) is 24.5 Å². The monoisotopic (exact) mass is 349 g/mol. The highest BCUT2D eigenvalue weighted by Crippen LogP contribution is 2.18. The Hall–Kier alpha value is -1.68. The van der Waals surface area contributed by atoms with Crippen LogP contribution in [0.5, 0.6) is 0 Å². The van der Waals surface area contributed by atoms with Gasteiger partial charge in [0.1, 0.15) is 5.82 Å². The Bertz CT molecular complexity index is 612. The lowest BCUT2D eigenvalue weighted by Gasteiger charge is -2.17. The van der Waals surface area contributed by atoms with E-state index in [2.05, 4.69) is 15.9 Å². The van der Waals surface area contributed by atoms with Gasteiger partial charge >= 0.3 is 0 Å². The minimum Gasteiger partial charge on any atom is -0.341 e. The maximum Gasteiger partial charge on any atom is 0.222 e. The van der Waals surface area contributed by atoms with Crippen molar-refractivity contribution >= 4 is 21.8 Å². The Morgan fingerprint density at radius 1 is 1.14 bits per heavy atom. The summed E-state index contributed by atoms with van der Waals surface area (Å²) in [5.41, 5.74) is 2.05. The maximum atomic E-state index is 12.8. The molecule has 0 saturated carbocycles. The summed E-state index contributed by atoms with van der Waals surface area (Å²) in [6.45, 7) is 0.495. The van der Waals surface area contributed by atoms with Crippen molar-refractivity contribution < 1.29 is 9.18 Å². The molecule has 2 aromatic carbocycles. The van der Waals surface area contributed by atoms with E-state index in [0.717, 1.165) is 15.6 Å². The van der Waals surface area contributed by atoms with Crippen LogP contribution in [0.3, 0.4) is 0 Å². The summed E-state index contributed by atoms with van der Waals surface area (Å²) in [6, 6.07) is 14.1. The molecule has 0 spiro atoms. The molecule has 0 aromatic heterocycles. The van der Waals surface area contributed by atoms with Gasteiger partial charge in [0.2, 0.25) is 5.91 Å². The molecular formula is C17H17BrFNO. The molecule has 1 amide bonds. The minimum absolute atomic E-state index is 0.0788. The second-order valence-electron chi connectivity index (χ2n) is 4.97. The largest absolute Gasteiger partial charge is 0.341 e. The number of carbonyl (C=O) groups is 1. The fourth-order valence-corrected chi connectivity index (χ4v) is 2.57. The van der Waals surface area contributed by atoms with Crippen LogP contribution in [0.2, 0.25) is 0 Å². The fraction of sp³-hybridized carbons (Fsp3) is 0.235. The SMILES string of the molecule is CN(Cc1ccc(F)cc1)C(=O)CCc1ccccc1Br. The molecule has 0 saturated heterocycles. The van der Waals surface area contributed by atoms with Crippen molar-refractivity contribution in [3.8, 4) is 0 Å². The van der Waals surface area contributed by atoms with Crippen molar-refractivity contribution in [1.29, 1.82) is 0 Å². The summed E-state index contributed by atoms with van der Waals surface area (Å²) in [4.78, 5) is 13.8. The van der Waals surface area contributed by atoms with Crippen LogP contribution in [-0.2, 0) is 17.8 Å². The first-order valence-corrected chi connectivity index (χ1v) is 7.57. The summed E-state index contributed by atoms with van der Waals surface area (Å²) in [5.74, 6) is -0.184. The molecule has 0 N–H and O–H groups in total. The number of aryl methyl sites for hydroxylation is 1. The third kappa shape index (κ3) is 4.67. The Kier molecular flexibility index (Phi) is 5.51. The predicted molar refractivity (Wildman–Crippen MR) is 85.3 cm³/mol. The van der Waals surface area contributed by atoms with E-state index in [9.17, 15) is 9.18 Å². The van der Waals surface area contributed by atoms with Crippen molar-refractivity contribution in [3.63, 3.8) is 0 Å². The Labute approximate surface area is 132 Å². The quantitative estimate of drug-likeness (QED) is 0.792. The molecule has 110 valence electrons. The van der Waals surface area contributed by atoms with E-state index in [1.165, 1.54) is 12.1 Å². The molecule has 2 nitrogen and oxygen atoms in total. The summed E-state index contributed by atoms with van der Waals surface area (Å²) >= 11 is 3.48. The van der Waals surface area contributed by atoms with E-state index in [4.69, 9.17) is 0 Å². The van der Waals surface area contributed by atoms with E-state index in [0.29, 0.717) is 19.4 Å². The number of nitrogens with zero attached hydrogens (tertiary/aromatic N) is 1. The van der Waals surface area contributed by atoms with Crippen LogP contribution < -0.4 is 0 Å². The zero-order valence-corrected chi connectivity index (χ0v) is 13.4. The molecule has 0 aliphatic rings. The lowest BCUT2D eigenvalue weighted by molar-refractivity contribution is -0.130. The average Bonchev–Trinajstić information content (AvgIpc) is 2.48. The number of hydrogen-bond acceptors (Lipinski definition) is 1. The first-order chi connectivity index (χ1) is 10.1. The molecule has 0 heterocycles. The van der Waals surface area contributed by atoms with Crippen molar-refractivity contribution in [2.75, 3.05) is 7.05 Å². The molecule has 21 heavy (non-hydrogen) atoms. The molecule has 4 heteroatoms. The predicted octanol–water partition coefficient (Wildman–Crippen LogP) is 4.18.